The van der Waals surface area contributed by atoms with Gasteiger partial charge in [-0.1, -0.05) is 30.3 Å². The first-order valence-electron chi connectivity index (χ1n) is 10.4. The number of hydrogen-bond acceptors (Lipinski definition) is 8. The fourth-order valence-corrected chi connectivity index (χ4v) is 3.25. The fraction of sp³-hybridized carbons (Fsp3) is 0.381. The number of hydrogen-bond donors (Lipinski definition) is 8. The molecule has 1 aromatic carbocycles. The summed E-state index contributed by atoms with van der Waals surface area (Å²) in [6, 6.07) is 4.26. The lowest BCUT2D eigenvalue weighted by Gasteiger charge is -2.23. The predicted octanol–water partition coefficient (Wildman–Crippen LogP) is -2.02. The van der Waals surface area contributed by atoms with Crippen LogP contribution in [0.25, 0.3) is 0 Å². The van der Waals surface area contributed by atoms with Gasteiger partial charge in [-0.15, -0.1) is 0 Å². The first-order chi connectivity index (χ1) is 16.2. The van der Waals surface area contributed by atoms with Gasteiger partial charge in [0.1, 0.15) is 18.1 Å². The Hall–Kier alpha value is -3.42. The van der Waals surface area contributed by atoms with Crippen LogP contribution in [-0.2, 0) is 32.0 Å². The molecule has 0 aliphatic heterocycles. The van der Waals surface area contributed by atoms with E-state index in [0.717, 1.165) is 5.56 Å². The van der Waals surface area contributed by atoms with Crippen molar-refractivity contribution in [1.82, 2.24) is 25.9 Å². The normalized spacial score (nSPS) is 14.3. The molecule has 184 valence electrons. The predicted molar refractivity (Wildman–Crippen MR) is 125 cm³/mol. The van der Waals surface area contributed by atoms with Crippen molar-refractivity contribution < 1.29 is 29.4 Å². The number of aliphatic hydroxyl groups is 1. The van der Waals surface area contributed by atoms with E-state index < -0.39 is 54.5 Å². The molecule has 0 fully saturated rings. The number of aromatic amines is 1. The molecule has 34 heavy (non-hydrogen) atoms. The highest BCUT2D eigenvalue weighted by Gasteiger charge is 2.29. The number of carbonyl (C=O) groups excluding carboxylic acids is 3. The molecule has 4 unspecified atom stereocenters. The van der Waals surface area contributed by atoms with Crippen LogP contribution in [0.5, 0.6) is 0 Å². The Kier molecular flexibility index (Phi) is 10.5. The van der Waals surface area contributed by atoms with E-state index in [9.17, 15) is 29.4 Å². The lowest BCUT2D eigenvalue weighted by molar-refractivity contribution is -0.142. The number of aliphatic hydroxyl groups excluding tert-OH is 1. The van der Waals surface area contributed by atoms with E-state index in [0.29, 0.717) is 5.69 Å². The van der Waals surface area contributed by atoms with Gasteiger partial charge in [0.2, 0.25) is 17.7 Å². The maximum atomic E-state index is 12.6. The number of benzene rings is 1. The standard InChI is InChI=1S/C21H28N6O6S/c22-14(6-12-4-2-1-3-5-12)18(29)27-17(10-34)20(31)26-16(9-28)19(30)25-15(21(32)33)7-13-8-23-11-24-13/h1-5,8,11,14-17,28,34H,6-7,9-10,22H2,(H,23,24)(H,25,30)(H,26,31)(H,27,29)(H,32,33). The van der Waals surface area contributed by atoms with Crippen LogP contribution >= 0.6 is 12.6 Å². The molecule has 12 nitrogen and oxygen atoms in total. The summed E-state index contributed by atoms with van der Waals surface area (Å²) in [6.45, 7) is -0.797. The molecule has 0 bridgehead atoms. The molecule has 8 N–H and O–H groups in total. The molecule has 0 spiro atoms. The van der Waals surface area contributed by atoms with E-state index in [2.05, 4.69) is 38.5 Å². The second-order valence-electron chi connectivity index (χ2n) is 7.46. The van der Waals surface area contributed by atoms with Crippen LogP contribution in [0.4, 0.5) is 0 Å². The third-order valence-electron chi connectivity index (χ3n) is 4.86. The van der Waals surface area contributed by atoms with Gasteiger partial charge < -0.3 is 36.9 Å². The molecule has 0 radical (unpaired) electrons. The molecule has 13 heteroatoms. The topological polar surface area (TPSA) is 200 Å². The summed E-state index contributed by atoms with van der Waals surface area (Å²) in [4.78, 5) is 55.5. The van der Waals surface area contributed by atoms with E-state index in [4.69, 9.17) is 5.73 Å². The molecular weight excluding hydrogens is 464 g/mol. The maximum Gasteiger partial charge on any atom is 0.326 e. The first kappa shape index (κ1) is 26.8. The number of thiol groups is 1. The third kappa shape index (κ3) is 8.17. The van der Waals surface area contributed by atoms with Gasteiger partial charge in [0.05, 0.1) is 19.0 Å². The van der Waals surface area contributed by atoms with Crippen LogP contribution < -0.4 is 21.7 Å². The zero-order valence-electron chi connectivity index (χ0n) is 18.2. The quantitative estimate of drug-likeness (QED) is 0.146. The van der Waals surface area contributed by atoms with Crippen LogP contribution in [0.3, 0.4) is 0 Å². The van der Waals surface area contributed by atoms with Gasteiger partial charge in [0.25, 0.3) is 0 Å². The number of nitrogens with two attached hydrogens (primary N) is 1. The van der Waals surface area contributed by atoms with Gasteiger partial charge in [-0.2, -0.15) is 12.6 Å². The monoisotopic (exact) mass is 492 g/mol. The molecule has 0 saturated carbocycles. The van der Waals surface area contributed by atoms with Gasteiger partial charge in [0.15, 0.2) is 0 Å². The number of rotatable bonds is 13. The van der Waals surface area contributed by atoms with E-state index in [-0.39, 0.29) is 18.6 Å². The van der Waals surface area contributed by atoms with Gasteiger partial charge in [-0.05, 0) is 12.0 Å². The molecule has 1 heterocycles. The SMILES string of the molecule is NC(Cc1ccccc1)C(=O)NC(CS)C(=O)NC(CO)C(=O)NC(Cc1cnc[nH]1)C(=O)O. The molecule has 2 rings (SSSR count). The van der Waals surface area contributed by atoms with Crippen molar-refractivity contribution in [1.29, 1.82) is 0 Å². The maximum absolute atomic E-state index is 12.6. The summed E-state index contributed by atoms with van der Waals surface area (Å²) >= 11 is 4.07. The Bertz CT molecular complexity index is 958. The minimum Gasteiger partial charge on any atom is -0.480 e. The number of carbonyl (C=O) groups is 4. The lowest BCUT2D eigenvalue weighted by atomic mass is 10.1. The number of nitrogens with one attached hydrogen (secondary N) is 4. The molecule has 1 aromatic heterocycles. The molecule has 4 atom stereocenters. The van der Waals surface area contributed by atoms with Crippen LogP contribution in [0.15, 0.2) is 42.9 Å². The number of aliphatic carboxylic acids is 1. The summed E-state index contributed by atoms with van der Waals surface area (Å²) in [7, 11) is 0. The molecular formula is C21H28N6O6S. The first-order valence-corrected chi connectivity index (χ1v) is 11.0. The van der Waals surface area contributed by atoms with E-state index in [1.165, 1.54) is 12.5 Å². The molecule has 2 aromatic rings. The number of imidazole rings is 1. The summed E-state index contributed by atoms with van der Waals surface area (Å²) < 4.78 is 0. The Morgan fingerprint density at radius 3 is 2.15 bits per heavy atom. The number of aromatic nitrogens is 2. The van der Waals surface area contributed by atoms with Gasteiger partial charge in [0, 0.05) is 24.1 Å². The summed E-state index contributed by atoms with van der Waals surface area (Å²) in [5.74, 6) is -3.70. The van der Waals surface area contributed by atoms with Gasteiger partial charge >= 0.3 is 5.97 Å². The number of carboxylic acid groups (broad SMARTS) is 1. The smallest absolute Gasteiger partial charge is 0.326 e. The summed E-state index contributed by atoms with van der Waals surface area (Å²) in [5.41, 5.74) is 7.25. The summed E-state index contributed by atoms with van der Waals surface area (Å²) in [5, 5.41) is 26.0. The molecule has 0 aliphatic carbocycles. The van der Waals surface area contributed by atoms with Gasteiger partial charge in [-0.25, -0.2) is 9.78 Å². The fourth-order valence-electron chi connectivity index (χ4n) is 2.99. The van der Waals surface area contributed by atoms with Crippen molar-refractivity contribution in [2.45, 2.75) is 37.0 Å². The minimum absolute atomic E-state index is 0.0816. The number of H-pyrrole nitrogens is 1. The number of nitrogens with zero attached hydrogens (tertiary/aromatic N) is 1. The van der Waals surface area contributed by atoms with Crippen molar-refractivity contribution in [3.63, 3.8) is 0 Å². The molecule has 0 saturated heterocycles. The van der Waals surface area contributed by atoms with Crippen LogP contribution in [-0.4, -0.2) is 80.4 Å². The minimum atomic E-state index is -1.45. The lowest BCUT2D eigenvalue weighted by Crippen LogP contribution is -2.58. The second kappa shape index (κ2) is 13.3. The largest absolute Gasteiger partial charge is 0.480 e. The number of carboxylic acids is 1. The van der Waals surface area contributed by atoms with Crippen molar-refractivity contribution in [3.05, 3.63) is 54.1 Å². The van der Waals surface area contributed by atoms with Crippen LogP contribution in [0.1, 0.15) is 11.3 Å². The molecule has 3 amide bonds. The zero-order valence-corrected chi connectivity index (χ0v) is 19.1. The Labute approximate surface area is 201 Å². The van der Waals surface area contributed by atoms with E-state index >= 15 is 0 Å². The number of amides is 3. The summed E-state index contributed by atoms with van der Waals surface area (Å²) in [6.07, 6.45) is 2.95. The van der Waals surface area contributed by atoms with Crippen molar-refractivity contribution in [2.24, 2.45) is 5.73 Å². The Morgan fingerprint density at radius 1 is 0.971 bits per heavy atom. The van der Waals surface area contributed by atoms with Crippen molar-refractivity contribution in [2.75, 3.05) is 12.4 Å². The van der Waals surface area contributed by atoms with Crippen LogP contribution in [0, 0.1) is 0 Å². The Balaban J connectivity index is 1.94. The zero-order chi connectivity index (χ0) is 25.1. The van der Waals surface area contributed by atoms with Crippen molar-refractivity contribution in [3.8, 4) is 0 Å². The average Bonchev–Trinajstić information content (AvgIpc) is 3.33. The molecule has 0 aliphatic rings. The van der Waals surface area contributed by atoms with E-state index in [1.807, 2.05) is 30.3 Å². The average molecular weight is 493 g/mol. The van der Waals surface area contributed by atoms with E-state index in [1.54, 1.807) is 0 Å². The third-order valence-corrected chi connectivity index (χ3v) is 5.22. The highest BCUT2D eigenvalue weighted by molar-refractivity contribution is 7.80. The Morgan fingerprint density at radius 2 is 1.59 bits per heavy atom. The van der Waals surface area contributed by atoms with Crippen LogP contribution in [0.2, 0.25) is 0 Å². The van der Waals surface area contributed by atoms with Crippen molar-refractivity contribution >= 4 is 36.3 Å². The van der Waals surface area contributed by atoms with Gasteiger partial charge in [-0.3, -0.25) is 14.4 Å². The highest BCUT2D eigenvalue weighted by atomic mass is 32.1. The highest BCUT2D eigenvalue weighted by Crippen LogP contribution is 2.03. The second-order valence-corrected chi connectivity index (χ2v) is 7.83.